The van der Waals surface area contributed by atoms with E-state index in [1.165, 1.54) is 18.3 Å². The fraction of sp³-hybridized carbons (Fsp3) is 0. The quantitative estimate of drug-likeness (QED) is 0.773. The molecule has 2 nitrogen and oxygen atoms in total. The second-order valence-electron chi connectivity index (χ2n) is 2.85. The van der Waals surface area contributed by atoms with E-state index in [9.17, 15) is 4.39 Å². The van der Waals surface area contributed by atoms with Gasteiger partial charge in [-0.2, -0.15) is 4.39 Å². The number of aromatic nitrogens is 1. The summed E-state index contributed by atoms with van der Waals surface area (Å²) in [7, 11) is 0. The number of pyridine rings is 1. The van der Waals surface area contributed by atoms with E-state index in [0.29, 0.717) is 11.5 Å². The minimum Gasteiger partial charge on any atom is -0.455 e. The Morgan fingerprint density at radius 1 is 1.13 bits per heavy atom. The van der Waals surface area contributed by atoms with Gasteiger partial charge in [0.25, 0.3) is 0 Å². The van der Waals surface area contributed by atoms with Gasteiger partial charge in [0.05, 0.1) is 10.7 Å². The van der Waals surface area contributed by atoms with Crippen molar-refractivity contribution in [3.63, 3.8) is 0 Å². The summed E-state index contributed by atoms with van der Waals surface area (Å²) in [6.45, 7) is 0. The first-order chi connectivity index (χ1) is 7.25. The Hall–Kier alpha value is -1.42. The lowest BCUT2D eigenvalue weighted by molar-refractivity contribution is 0.471. The van der Waals surface area contributed by atoms with Crippen molar-refractivity contribution in [2.75, 3.05) is 0 Å². The van der Waals surface area contributed by atoms with Gasteiger partial charge in [0.2, 0.25) is 5.95 Å². The Labute approximate surface area is 94.9 Å². The topological polar surface area (TPSA) is 22.1 Å². The van der Waals surface area contributed by atoms with Crippen LogP contribution in [0.1, 0.15) is 0 Å². The highest BCUT2D eigenvalue weighted by Crippen LogP contribution is 2.28. The maximum absolute atomic E-state index is 12.5. The molecule has 0 saturated heterocycles. The Morgan fingerprint density at radius 2 is 1.93 bits per heavy atom. The molecule has 0 spiro atoms. The van der Waals surface area contributed by atoms with Crippen LogP contribution in [0, 0.1) is 5.95 Å². The van der Waals surface area contributed by atoms with Crippen LogP contribution in [-0.4, -0.2) is 4.98 Å². The van der Waals surface area contributed by atoms with Crippen LogP contribution in [0.2, 0.25) is 0 Å². The number of hydrogen-bond acceptors (Lipinski definition) is 2. The summed E-state index contributed by atoms with van der Waals surface area (Å²) in [5, 5.41) is 0. The van der Waals surface area contributed by atoms with Crippen LogP contribution in [0.5, 0.6) is 11.5 Å². The maximum Gasteiger partial charge on any atom is 0.213 e. The maximum atomic E-state index is 12.5. The molecule has 0 aliphatic carbocycles. The first-order valence-electron chi connectivity index (χ1n) is 4.29. The summed E-state index contributed by atoms with van der Waals surface area (Å²) < 4.78 is 18.9. The number of rotatable bonds is 2. The molecule has 1 aromatic carbocycles. The van der Waals surface area contributed by atoms with Crippen LogP contribution in [0.3, 0.4) is 0 Å². The molecule has 0 saturated carbocycles. The summed E-state index contributed by atoms with van der Waals surface area (Å²) in [6.07, 6.45) is 1.34. The average Bonchev–Trinajstić information content (AvgIpc) is 2.25. The third-order valence-corrected chi connectivity index (χ3v) is 2.42. The van der Waals surface area contributed by atoms with Crippen LogP contribution >= 0.6 is 15.9 Å². The first-order valence-corrected chi connectivity index (χ1v) is 5.09. The molecule has 4 heteroatoms. The fourth-order valence-corrected chi connectivity index (χ4v) is 1.44. The molecule has 0 unspecified atom stereocenters. The van der Waals surface area contributed by atoms with Gasteiger partial charge in [-0.05, 0) is 40.2 Å². The number of halogens is 2. The molecule has 0 aliphatic rings. The third-order valence-electron chi connectivity index (χ3n) is 1.76. The molecular weight excluding hydrogens is 261 g/mol. The van der Waals surface area contributed by atoms with Crippen LogP contribution in [0.4, 0.5) is 4.39 Å². The van der Waals surface area contributed by atoms with Crippen molar-refractivity contribution in [1.82, 2.24) is 4.98 Å². The summed E-state index contributed by atoms with van der Waals surface area (Å²) in [5.74, 6) is 0.656. The van der Waals surface area contributed by atoms with Crippen molar-refractivity contribution < 1.29 is 9.13 Å². The average molecular weight is 268 g/mol. The minimum absolute atomic E-state index is 0.503. The second-order valence-corrected chi connectivity index (χ2v) is 3.70. The number of hydrogen-bond donors (Lipinski definition) is 0. The predicted molar refractivity (Wildman–Crippen MR) is 58.4 cm³/mol. The second kappa shape index (κ2) is 4.40. The van der Waals surface area contributed by atoms with E-state index in [0.717, 1.165) is 4.47 Å². The van der Waals surface area contributed by atoms with Gasteiger partial charge in [0, 0.05) is 0 Å². The summed E-state index contributed by atoms with van der Waals surface area (Å²) >= 11 is 3.35. The number of ether oxygens (including phenoxy) is 1. The third kappa shape index (κ3) is 2.53. The molecule has 0 aliphatic heterocycles. The van der Waals surface area contributed by atoms with Crippen LogP contribution < -0.4 is 4.74 Å². The normalized spacial score (nSPS) is 10.0. The Morgan fingerprint density at radius 3 is 2.60 bits per heavy atom. The van der Waals surface area contributed by atoms with E-state index in [1.54, 1.807) is 0 Å². The number of benzene rings is 1. The van der Waals surface area contributed by atoms with E-state index in [-0.39, 0.29) is 0 Å². The van der Waals surface area contributed by atoms with E-state index in [1.807, 2.05) is 24.3 Å². The Kier molecular flexibility index (Phi) is 2.97. The highest BCUT2D eigenvalue weighted by atomic mass is 79.9. The van der Waals surface area contributed by atoms with Gasteiger partial charge in [0.15, 0.2) is 0 Å². The molecule has 0 radical (unpaired) electrons. The molecule has 2 aromatic rings. The Bertz CT molecular complexity index is 458. The van der Waals surface area contributed by atoms with Crippen molar-refractivity contribution in [2.45, 2.75) is 0 Å². The van der Waals surface area contributed by atoms with Gasteiger partial charge in [-0.15, -0.1) is 0 Å². The summed E-state index contributed by atoms with van der Waals surface area (Å²) in [4.78, 5) is 3.50. The first kappa shape index (κ1) is 10.1. The van der Waals surface area contributed by atoms with Crippen molar-refractivity contribution in [3.05, 3.63) is 53.0 Å². The number of nitrogens with zero attached hydrogens (tertiary/aromatic N) is 1. The van der Waals surface area contributed by atoms with Crippen molar-refractivity contribution >= 4 is 15.9 Å². The minimum atomic E-state index is -0.519. The summed E-state index contributed by atoms with van der Waals surface area (Å²) in [5.41, 5.74) is 0. The molecular formula is C11H7BrFNO. The molecule has 0 amide bonds. The largest absolute Gasteiger partial charge is 0.455 e. The zero-order valence-corrected chi connectivity index (χ0v) is 9.24. The molecule has 15 heavy (non-hydrogen) atoms. The molecule has 0 fully saturated rings. The van der Waals surface area contributed by atoms with E-state index in [4.69, 9.17) is 4.74 Å². The van der Waals surface area contributed by atoms with Gasteiger partial charge in [0.1, 0.15) is 11.5 Å². The van der Waals surface area contributed by atoms with E-state index >= 15 is 0 Å². The molecule has 0 bridgehead atoms. The molecule has 1 aromatic heterocycles. The fourth-order valence-electron chi connectivity index (χ4n) is 1.08. The highest BCUT2D eigenvalue weighted by Gasteiger charge is 2.01. The number of para-hydroxylation sites is 1. The van der Waals surface area contributed by atoms with Crippen LogP contribution in [0.25, 0.3) is 0 Å². The van der Waals surface area contributed by atoms with Gasteiger partial charge >= 0.3 is 0 Å². The molecule has 76 valence electrons. The molecule has 1 heterocycles. The monoisotopic (exact) mass is 267 g/mol. The predicted octanol–water partition coefficient (Wildman–Crippen LogP) is 3.78. The molecule has 2 rings (SSSR count). The van der Waals surface area contributed by atoms with Gasteiger partial charge in [-0.3, -0.25) is 0 Å². The molecule has 0 atom stereocenters. The van der Waals surface area contributed by atoms with Crippen molar-refractivity contribution in [1.29, 1.82) is 0 Å². The SMILES string of the molecule is Fc1ccc(Oc2ccccc2Br)cn1. The van der Waals surface area contributed by atoms with Gasteiger partial charge in [-0.25, -0.2) is 4.98 Å². The Balaban J connectivity index is 2.22. The van der Waals surface area contributed by atoms with Crippen molar-refractivity contribution in [3.8, 4) is 11.5 Å². The van der Waals surface area contributed by atoms with Crippen molar-refractivity contribution in [2.24, 2.45) is 0 Å². The van der Waals surface area contributed by atoms with Crippen LogP contribution in [0.15, 0.2) is 47.1 Å². The zero-order valence-electron chi connectivity index (χ0n) is 7.65. The lowest BCUT2D eigenvalue weighted by Crippen LogP contribution is -1.87. The van der Waals surface area contributed by atoms with Crippen LogP contribution in [-0.2, 0) is 0 Å². The van der Waals surface area contributed by atoms with Gasteiger partial charge < -0.3 is 4.74 Å². The van der Waals surface area contributed by atoms with E-state index < -0.39 is 5.95 Å². The zero-order chi connectivity index (χ0) is 10.7. The highest BCUT2D eigenvalue weighted by molar-refractivity contribution is 9.10. The standard InChI is InChI=1S/C11H7BrFNO/c12-9-3-1-2-4-10(9)15-8-5-6-11(13)14-7-8/h1-7H. The van der Waals surface area contributed by atoms with E-state index in [2.05, 4.69) is 20.9 Å². The summed E-state index contributed by atoms with van der Waals surface area (Å²) in [6, 6.07) is 10.2. The van der Waals surface area contributed by atoms with Gasteiger partial charge in [-0.1, -0.05) is 12.1 Å². The molecule has 0 N–H and O–H groups in total. The smallest absolute Gasteiger partial charge is 0.213 e. The lowest BCUT2D eigenvalue weighted by atomic mass is 10.3. The lowest BCUT2D eigenvalue weighted by Gasteiger charge is -2.06.